The third kappa shape index (κ3) is 2.59. The summed E-state index contributed by atoms with van der Waals surface area (Å²) in [6, 6.07) is 0.984. The third-order valence-corrected chi connectivity index (χ3v) is 1.69. The number of aromatic nitrogens is 1. The van der Waals surface area contributed by atoms with Gasteiger partial charge < -0.3 is 5.73 Å². The highest BCUT2D eigenvalue weighted by molar-refractivity contribution is 6.31. The Kier molecular flexibility index (Phi) is 5.13. The molecule has 0 aliphatic heterocycles. The van der Waals surface area contributed by atoms with E-state index in [2.05, 4.69) is 4.98 Å². The molecular formula is C7H9Cl2FN2. The van der Waals surface area contributed by atoms with Crippen LogP contribution in [-0.2, 0) is 0 Å². The molecule has 0 aromatic carbocycles. The van der Waals surface area contributed by atoms with Gasteiger partial charge in [0.15, 0.2) is 0 Å². The number of alkyl halides is 1. The van der Waals surface area contributed by atoms with Gasteiger partial charge in [-0.3, -0.25) is 4.98 Å². The molecule has 2 nitrogen and oxygen atoms in total. The number of rotatable bonds is 2. The van der Waals surface area contributed by atoms with Crippen molar-refractivity contribution in [2.45, 2.75) is 6.04 Å². The van der Waals surface area contributed by atoms with Crippen LogP contribution in [0.4, 0.5) is 4.39 Å². The van der Waals surface area contributed by atoms with Crippen LogP contribution >= 0.6 is 24.0 Å². The second kappa shape index (κ2) is 5.30. The second-order valence-corrected chi connectivity index (χ2v) is 2.57. The lowest BCUT2D eigenvalue weighted by Crippen LogP contribution is -2.12. The Morgan fingerprint density at radius 3 is 2.83 bits per heavy atom. The van der Waals surface area contributed by atoms with Gasteiger partial charge in [-0.05, 0) is 11.6 Å². The topological polar surface area (TPSA) is 38.9 Å². The highest BCUT2D eigenvalue weighted by atomic mass is 35.5. The molecule has 68 valence electrons. The Labute approximate surface area is 81.3 Å². The van der Waals surface area contributed by atoms with Crippen molar-refractivity contribution in [3.05, 3.63) is 29.0 Å². The third-order valence-electron chi connectivity index (χ3n) is 1.37. The molecule has 0 spiro atoms. The smallest absolute Gasteiger partial charge is 0.109 e. The maximum atomic E-state index is 12.0. The normalized spacial score (nSPS) is 11.9. The number of hydrogen-bond acceptors (Lipinski definition) is 2. The minimum atomic E-state index is -0.634. The molecule has 5 heteroatoms. The number of nitrogens with two attached hydrogens (primary N) is 1. The molecule has 0 amide bonds. The van der Waals surface area contributed by atoms with Gasteiger partial charge in [0, 0.05) is 12.4 Å². The first-order valence-corrected chi connectivity index (χ1v) is 3.54. The first kappa shape index (κ1) is 11.6. The molecule has 0 saturated heterocycles. The van der Waals surface area contributed by atoms with Crippen LogP contribution in [0.1, 0.15) is 11.6 Å². The number of hydrogen-bond donors (Lipinski definition) is 1. The molecule has 0 aliphatic carbocycles. The highest BCUT2D eigenvalue weighted by Gasteiger charge is 2.08. The van der Waals surface area contributed by atoms with Crippen molar-refractivity contribution in [2.75, 3.05) is 6.67 Å². The van der Waals surface area contributed by atoms with Crippen LogP contribution in [0.2, 0.25) is 5.02 Å². The minimum Gasteiger partial charge on any atom is -0.322 e. The fraction of sp³-hybridized carbons (Fsp3) is 0.286. The lowest BCUT2D eigenvalue weighted by atomic mass is 10.1. The monoisotopic (exact) mass is 210 g/mol. The zero-order chi connectivity index (χ0) is 8.27. The van der Waals surface area contributed by atoms with Gasteiger partial charge in [0.1, 0.15) is 6.67 Å². The van der Waals surface area contributed by atoms with E-state index in [1.165, 1.54) is 12.4 Å². The summed E-state index contributed by atoms with van der Waals surface area (Å²) in [6.07, 6.45) is 2.99. The summed E-state index contributed by atoms with van der Waals surface area (Å²) in [6.45, 7) is -0.607. The van der Waals surface area contributed by atoms with Crippen molar-refractivity contribution in [2.24, 2.45) is 5.73 Å². The van der Waals surface area contributed by atoms with Gasteiger partial charge in [0.2, 0.25) is 0 Å². The van der Waals surface area contributed by atoms with E-state index in [1.54, 1.807) is 6.07 Å². The molecule has 0 unspecified atom stereocenters. The fourth-order valence-electron chi connectivity index (χ4n) is 0.770. The van der Waals surface area contributed by atoms with E-state index in [0.717, 1.165) is 0 Å². The number of nitrogens with zero attached hydrogens (tertiary/aromatic N) is 1. The largest absolute Gasteiger partial charge is 0.322 e. The Bertz CT molecular complexity index is 245. The van der Waals surface area contributed by atoms with Gasteiger partial charge in [0.25, 0.3) is 0 Å². The van der Waals surface area contributed by atoms with E-state index < -0.39 is 12.7 Å². The zero-order valence-corrected chi connectivity index (χ0v) is 7.78. The van der Waals surface area contributed by atoms with Crippen LogP contribution in [-0.4, -0.2) is 11.7 Å². The van der Waals surface area contributed by atoms with Crippen molar-refractivity contribution in [1.82, 2.24) is 4.98 Å². The van der Waals surface area contributed by atoms with Crippen molar-refractivity contribution in [1.29, 1.82) is 0 Å². The summed E-state index contributed by atoms with van der Waals surface area (Å²) in [5, 5.41) is 0.414. The van der Waals surface area contributed by atoms with E-state index in [9.17, 15) is 4.39 Å². The fourth-order valence-corrected chi connectivity index (χ4v) is 1.03. The summed E-state index contributed by atoms with van der Waals surface area (Å²) >= 11 is 5.69. The molecule has 1 rings (SSSR count). The quantitative estimate of drug-likeness (QED) is 0.813. The molecular weight excluding hydrogens is 202 g/mol. The molecule has 1 aromatic heterocycles. The number of pyridine rings is 1. The summed E-state index contributed by atoms with van der Waals surface area (Å²) in [7, 11) is 0. The zero-order valence-electron chi connectivity index (χ0n) is 6.21. The molecule has 0 saturated carbocycles. The van der Waals surface area contributed by atoms with E-state index in [0.29, 0.717) is 10.6 Å². The van der Waals surface area contributed by atoms with E-state index in [-0.39, 0.29) is 12.4 Å². The van der Waals surface area contributed by atoms with Crippen LogP contribution < -0.4 is 5.73 Å². The van der Waals surface area contributed by atoms with Gasteiger partial charge in [-0.1, -0.05) is 11.6 Å². The Morgan fingerprint density at radius 1 is 1.67 bits per heavy atom. The lowest BCUT2D eigenvalue weighted by molar-refractivity contribution is 0.437. The van der Waals surface area contributed by atoms with Crippen molar-refractivity contribution >= 4 is 24.0 Å². The molecule has 1 atom stereocenters. The van der Waals surface area contributed by atoms with E-state index in [4.69, 9.17) is 17.3 Å². The highest BCUT2D eigenvalue weighted by Crippen LogP contribution is 2.19. The molecule has 0 radical (unpaired) electrons. The van der Waals surface area contributed by atoms with Gasteiger partial charge in [-0.15, -0.1) is 12.4 Å². The minimum absolute atomic E-state index is 0. The SMILES string of the molecule is Cl.N[C@H](CF)c1ccncc1Cl. The summed E-state index contributed by atoms with van der Waals surface area (Å²) in [5.74, 6) is 0. The first-order valence-electron chi connectivity index (χ1n) is 3.16. The van der Waals surface area contributed by atoms with Crippen molar-refractivity contribution in [3.8, 4) is 0 Å². The summed E-state index contributed by atoms with van der Waals surface area (Å²) < 4.78 is 12.0. The molecule has 12 heavy (non-hydrogen) atoms. The van der Waals surface area contributed by atoms with E-state index >= 15 is 0 Å². The first-order chi connectivity index (χ1) is 5.25. The molecule has 0 aliphatic rings. The van der Waals surface area contributed by atoms with Crippen LogP contribution in [0, 0.1) is 0 Å². The summed E-state index contributed by atoms with van der Waals surface area (Å²) in [4.78, 5) is 3.75. The van der Waals surface area contributed by atoms with Crippen LogP contribution in [0.15, 0.2) is 18.5 Å². The Balaban J connectivity index is 0.00000121. The number of halogens is 3. The molecule has 1 heterocycles. The van der Waals surface area contributed by atoms with Crippen LogP contribution in [0.5, 0.6) is 0 Å². The van der Waals surface area contributed by atoms with Crippen molar-refractivity contribution in [3.63, 3.8) is 0 Å². The van der Waals surface area contributed by atoms with Crippen LogP contribution in [0.25, 0.3) is 0 Å². The molecule has 0 fully saturated rings. The maximum Gasteiger partial charge on any atom is 0.109 e. The average molecular weight is 211 g/mol. The Hall–Kier alpha value is -0.380. The molecule has 0 bridgehead atoms. The van der Waals surface area contributed by atoms with Gasteiger partial charge in [0.05, 0.1) is 11.1 Å². The predicted octanol–water partition coefficient (Wildman–Crippen LogP) is 2.13. The van der Waals surface area contributed by atoms with Crippen LogP contribution in [0.3, 0.4) is 0 Å². The van der Waals surface area contributed by atoms with Gasteiger partial charge >= 0.3 is 0 Å². The predicted molar refractivity (Wildman–Crippen MR) is 49.4 cm³/mol. The van der Waals surface area contributed by atoms with Gasteiger partial charge in [-0.2, -0.15) is 0 Å². The standard InChI is InChI=1S/C7H8ClFN2.ClH/c8-6-4-11-2-1-5(6)7(10)3-9;/h1-2,4,7H,3,10H2;1H/t7-;/m1./s1. The lowest BCUT2D eigenvalue weighted by Gasteiger charge is -2.07. The molecule has 1 aromatic rings. The molecule has 2 N–H and O–H groups in total. The van der Waals surface area contributed by atoms with E-state index in [1.807, 2.05) is 0 Å². The summed E-state index contributed by atoms with van der Waals surface area (Å²) in [5.41, 5.74) is 6.01. The Morgan fingerprint density at radius 2 is 2.33 bits per heavy atom. The average Bonchev–Trinajstić information content (AvgIpc) is 2.04. The van der Waals surface area contributed by atoms with Crippen molar-refractivity contribution < 1.29 is 4.39 Å². The second-order valence-electron chi connectivity index (χ2n) is 2.16. The van der Waals surface area contributed by atoms with Gasteiger partial charge in [-0.25, -0.2) is 4.39 Å². The maximum absolute atomic E-state index is 12.0.